The summed E-state index contributed by atoms with van der Waals surface area (Å²) < 4.78 is 6.83. The van der Waals surface area contributed by atoms with Crippen molar-refractivity contribution in [1.29, 1.82) is 0 Å². The molecule has 1 heterocycles. The van der Waals surface area contributed by atoms with Gasteiger partial charge in [-0.15, -0.1) is 5.10 Å². The summed E-state index contributed by atoms with van der Waals surface area (Å²) in [6.07, 6.45) is 4.72. The monoisotopic (exact) mass is 335 g/mol. The van der Waals surface area contributed by atoms with Gasteiger partial charge >= 0.3 is 0 Å². The highest BCUT2D eigenvalue weighted by Gasteiger charge is 2.05. The lowest BCUT2D eigenvalue weighted by molar-refractivity contribution is -0.111. The molecule has 1 aromatic heterocycles. The normalized spacial score (nSPS) is 10.8. The van der Waals surface area contributed by atoms with Crippen molar-refractivity contribution in [3.05, 3.63) is 66.0 Å². The number of benzene rings is 2. The van der Waals surface area contributed by atoms with E-state index in [-0.39, 0.29) is 5.91 Å². The van der Waals surface area contributed by atoms with Crippen molar-refractivity contribution >= 4 is 17.7 Å². The van der Waals surface area contributed by atoms with Crippen molar-refractivity contribution in [3.63, 3.8) is 0 Å². The summed E-state index contributed by atoms with van der Waals surface area (Å²) in [4.78, 5) is 12.1. The number of hydrogen-bond donors (Lipinski definition) is 1. The van der Waals surface area contributed by atoms with E-state index < -0.39 is 0 Å². The Labute approximate surface area is 144 Å². The molecule has 0 aliphatic carbocycles. The number of hydrogen-bond acceptors (Lipinski definition) is 5. The number of methoxy groups -OCH3 is 1. The molecule has 3 aromatic rings. The number of aryl methyl sites for hydroxylation is 1. The zero-order valence-corrected chi connectivity index (χ0v) is 13.9. The summed E-state index contributed by atoms with van der Waals surface area (Å²) in [7, 11) is 1.60. The highest BCUT2D eigenvalue weighted by atomic mass is 16.5. The SMILES string of the molecule is COc1ccccc1/C=C/C(=O)Nc1ccc(-n2cnnn2)c(C)c1. The number of nitrogens with zero attached hydrogens (tertiary/aromatic N) is 4. The van der Waals surface area contributed by atoms with Crippen LogP contribution in [0.3, 0.4) is 0 Å². The first-order chi connectivity index (χ1) is 12.2. The molecule has 0 bridgehead atoms. The number of tetrazole rings is 1. The number of anilines is 1. The fraction of sp³-hybridized carbons (Fsp3) is 0.111. The van der Waals surface area contributed by atoms with Gasteiger partial charge < -0.3 is 10.1 Å². The first-order valence-corrected chi connectivity index (χ1v) is 7.63. The molecule has 7 heteroatoms. The van der Waals surface area contributed by atoms with Gasteiger partial charge in [-0.3, -0.25) is 4.79 Å². The van der Waals surface area contributed by atoms with Crippen LogP contribution in [-0.2, 0) is 4.79 Å². The Bertz CT molecular complexity index is 904. The third-order valence-electron chi connectivity index (χ3n) is 3.61. The maximum Gasteiger partial charge on any atom is 0.248 e. The van der Waals surface area contributed by atoms with Crippen LogP contribution in [0.4, 0.5) is 5.69 Å². The molecule has 7 nitrogen and oxygen atoms in total. The second-order valence-corrected chi connectivity index (χ2v) is 5.32. The van der Waals surface area contributed by atoms with Crippen molar-refractivity contribution < 1.29 is 9.53 Å². The largest absolute Gasteiger partial charge is 0.496 e. The zero-order chi connectivity index (χ0) is 17.6. The minimum Gasteiger partial charge on any atom is -0.496 e. The van der Waals surface area contributed by atoms with E-state index in [4.69, 9.17) is 4.74 Å². The number of amides is 1. The number of carbonyl (C=O) groups is 1. The summed E-state index contributed by atoms with van der Waals surface area (Å²) in [5.74, 6) is 0.494. The van der Waals surface area contributed by atoms with Crippen molar-refractivity contribution in [3.8, 4) is 11.4 Å². The molecule has 0 saturated heterocycles. The molecule has 2 aromatic carbocycles. The van der Waals surface area contributed by atoms with Gasteiger partial charge in [-0.1, -0.05) is 18.2 Å². The first kappa shape index (κ1) is 16.4. The van der Waals surface area contributed by atoms with E-state index in [0.29, 0.717) is 11.4 Å². The van der Waals surface area contributed by atoms with Gasteiger partial charge in [0.25, 0.3) is 0 Å². The number of rotatable bonds is 5. The minimum atomic E-state index is -0.222. The van der Waals surface area contributed by atoms with Crippen LogP contribution in [0, 0.1) is 6.92 Å². The van der Waals surface area contributed by atoms with Gasteiger partial charge in [0.1, 0.15) is 12.1 Å². The molecular weight excluding hydrogens is 318 g/mol. The van der Waals surface area contributed by atoms with Crippen LogP contribution in [0.25, 0.3) is 11.8 Å². The topological polar surface area (TPSA) is 81.9 Å². The zero-order valence-electron chi connectivity index (χ0n) is 13.9. The molecule has 0 aliphatic heterocycles. The predicted octanol–water partition coefficient (Wildman–Crippen LogP) is 2.63. The Morgan fingerprint density at radius 3 is 2.80 bits per heavy atom. The summed E-state index contributed by atoms with van der Waals surface area (Å²) in [6, 6.07) is 13.0. The van der Waals surface area contributed by atoms with Crippen LogP contribution >= 0.6 is 0 Å². The standard InChI is InChI=1S/C18H17N5O2/c1-13-11-15(8-9-16(13)23-12-19-21-22-23)20-18(24)10-7-14-5-3-4-6-17(14)25-2/h3-12H,1-2H3,(H,20,24)/b10-7+. The van der Waals surface area contributed by atoms with E-state index >= 15 is 0 Å². The Morgan fingerprint density at radius 1 is 1.24 bits per heavy atom. The molecule has 0 radical (unpaired) electrons. The fourth-order valence-electron chi connectivity index (χ4n) is 2.42. The van der Waals surface area contributed by atoms with Gasteiger partial charge in [0.05, 0.1) is 12.8 Å². The summed E-state index contributed by atoms with van der Waals surface area (Å²) in [5.41, 5.74) is 3.33. The van der Waals surface area contributed by atoms with Crippen molar-refractivity contribution in [2.45, 2.75) is 6.92 Å². The third kappa shape index (κ3) is 3.89. The molecule has 0 aliphatic rings. The van der Waals surface area contributed by atoms with E-state index in [9.17, 15) is 4.79 Å². The van der Waals surface area contributed by atoms with Crippen molar-refractivity contribution in [1.82, 2.24) is 20.2 Å². The van der Waals surface area contributed by atoms with Crippen LogP contribution in [-0.4, -0.2) is 33.2 Å². The molecular formula is C18H17N5O2. The number of ether oxygens (including phenoxy) is 1. The molecule has 0 unspecified atom stereocenters. The van der Waals surface area contributed by atoms with Gasteiger partial charge in [-0.05, 0) is 53.3 Å². The van der Waals surface area contributed by atoms with Crippen LogP contribution in [0.15, 0.2) is 54.9 Å². The molecule has 0 fully saturated rings. The lowest BCUT2D eigenvalue weighted by atomic mass is 10.1. The fourth-order valence-corrected chi connectivity index (χ4v) is 2.42. The number of nitrogens with one attached hydrogen (secondary N) is 1. The first-order valence-electron chi connectivity index (χ1n) is 7.63. The molecule has 0 atom stereocenters. The quantitative estimate of drug-likeness (QED) is 0.725. The summed E-state index contributed by atoms with van der Waals surface area (Å²) in [6.45, 7) is 1.93. The van der Waals surface area contributed by atoms with Crippen molar-refractivity contribution in [2.24, 2.45) is 0 Å². The molecule has 0 spiro atoms. The molecule has 1 amide bonds. The van der Waals surface area contributed by atoms with Gasteiger partial charge in [-0.25, -0.2) is 4.68 Å². The second-order valence-electron chi connectivity index (χ2n) is 5.32. The minimum absolute atomic E-state index is 0.222. The van der Waals surface area contributed by atoms with E-state index in [0.717, 1.165) is 16.8 Å². The van der Waals surface area contributed by atoms with Gasteiger partial charge in [0, 0.05) is 17.3 Å². The lowest BCUT2D eigenvalue weighted by Gasteiger charge is -2.08. The Morgan fingerprint density at radius 2 is 2.08 bits per heavy atom. The van der Waals surface area contributed by atoms with Crippen molar-refractivity contribution in [2.75, 3.05) is 12.4 Å². The molecule has 0 saturated carbocycles. The molecule has 126 valence electrons. The Kier molecular flexibility index (Phi) is 4.84. The molecule has 25 heavy (non-hydrogen) atoms. The number of aromatic nitrogens is 4. The average molecular weight is 335 g/mol. The lowest BCUT2D eigenvalue weighted by Crippen LogP contribution is -2.08. The maximum absolute atomic E-state index is 12.1. The highest BCUT2D eigenvalue weighted by molar-refractivity contribution is 6.02. The summed E-state index contributed by atoms with van der Waals surface area (Å²) in [5, 5.41) is 13.9. The molecule has 1 N–H and O–H groups in total. The van der Waals surface area contributed by atoms with Crippen LogP contribution < -0.4 is 10.1 Å². The average Bonchev–Trinajstić information content (AvgIpc) is 3.14. The Hall–Kier alpha value is -3.48. The van der Waals surface area contributed by atoms with Crippen LogP contribution in [0.1, 0.15) is 11.1 Å². The van der Waals surface area contributed by atoms with Gasteiger partial charge in [0.15, 0.2) is 0 Å². The predicted molar refractivity (Wildman–Crippen MR) is 94.5 cm³/mol. The molecule has 3 rings (SSSR count). The van der Waals surface area contributed by atoms with Gasteiger partial charge in [0.2, 0.25) is 5.91 Å². The smallest absolute Gasteiger partial charge is 0.248 e. The van der Waals surface area contributed by atoms with Crippen LogP contribution in [0.2, 0.25) is 0 Å². The number of para-hydroxylation sites is 1. The van der Waals surface area contributed by atoms with E-state index in [1.807, 2.05) is 43.3 Å². The highest BCUT2D eigenvalue weighted by Crippen LogP contribution is 2.20. The van der Waals surface area contributed by atoms with E-state index in [1.165, 1.54) is 12.4 Å². The Balaban J connectivity index is 1.71. The maximum atomic E-state index is 12.1. The second kappa shape index (κ2) is 7.39. The van der Waals surface area contributed by atoms with Gasteiger partial charge in [-0.2, -0.15) is 0 Å². The third-order valence-corrected chi connectivity index (χ3v) is 3.61. The van der Waals surface area contributed by atoms with E-state index in [1.54, 1.807) is 23.9 Å². The van der Waals surface area contributed by atoms with Crippen LogP contribution in [0.5, 0.6) is 5.75 Å². The summed E-state index contributed by atoms with van der Waals surface area (Å²) >= 11 is 0. The number of carbonyl (C=O) groups excluding carboxylic acids is 1. The van der Waals surface area contributed by atoms with E-state index in [2.05, 4.69) is 20.8 Å².